The number of hydrogen-bond donors (Lipinski definition) is 2. The Bertz CT molecular complexity index is 537. The molecule has 2 rings (SSSR count). The highest BCUT2D eigenvalue weighted by Gasteiger charge is 2.20. The Morgan fingerprint density at radius 2 is 2.21 bits per heavy atom. The average molecular weight is 284 g/mol. The lowest BCUT2D eigenvalue weighted by Gasteiger charge is -2.24. The molecule has 1 unspecified atom stereocenters. The molecule has 1 atom stereocenters. The molecule has 106 valence electrons. The second-order valence-corrected chi connectivity index (χ2v) is 6.58. The molecule has 0 spiro atoms. The van der Waals surface area contributed by atoms with Crippen LogP contribution in [0, 0.1) is 13.8 Å². The van der Waals surface area contributed by atoms with Gasteiger partial charge in [-0.1, -0.05) is 12.1 Å². The first-order valence-electron chi connectivity index (χ1n) is 6.37. The summed E-state index contributed by atoms with van der Waals surface area (Å²) in [6.07, 6.45) is 0. The summed E-state index contributed by atoms with van der Waals surface area (Å²) in [5.41, 5.74) is 1.69. The lowest BCUT2D eigenvalue weighted by molar-refractivity contribution is 0.0784. The largest absolute Gasteiger partial charge is 0.378 e. The van der Waals surface area contributed by atoms with Crippen LogP contribution in [-0.4, -0.2) is 40.8 Å². The van der Waals surface area contributed by atoms with E-state index in [1.54, 1.807) is 13.0 Å². The minimum atomic E-state index is -3.46. The van der Waals surface area contributed by atoms with Crippen LogP contribution < -0.4 is 10.0 Å². The fourth-order valence-corrected chi connectivity index (χ4v) is 3.44. The van der Waals surface area contributed by atoms with E-state index in [1.807, 2.05) is 19.1 Å². The molecule has 1 aromatic carbocycles. The topological polar surface area (TPSA) is 67.4 Å². The van der Waals surface area contributed by atoms with Gasteiger partial charge in [-0.3, -0.25) is 0 Å². The van der Waals surface area contributed by atoms with E-state index >= 15 is 0 Å². The summed E-state index contributed by atoms with van der Waals surface area (Å²) < 4.78 is 32.5. The molecule has 19 heavy (non-hydrogen) atoms. The summed E-state index contributed by atoms with van der Waals surface area (Å²) in [5, 5.41) is 3.22. The van der Waals surface area contributed by atoms with Crippen LogP contribution in [0.4, 0.5) is 0 Å². The van der Waals surface area contributed by atoms with E-state index in [-0.39, 0.29) is 6.04 Å². The van der Waals surface area contributed by atoms with E-state index < -0.39 is 10.0 Å². The molecule has 1 fully saturated rings. The van der Waals surface area contributed by atoms with Crippen LogP contribution in [0.1, 0.15) is 11.1 Å². The van der Waals surface area contributed by atoms with E-state index in [0.29, 0.717) is 24.7 Å². The van der Waals surface area contributed by atoms with Gasteiger partial charge < -0.3 is 10.1 Å². The molecule has 1 heterocycles. The van der Waals surface area contributed by atoms with E-state index in [2.05, 4.69) is 10.0 Å². The van der Waals surface area contributed by atoms with Gasteiger partial charge in [0.05, 0.1) is 18.1 Å². The fourth-order valence-electron chi connectivity index (χ4n) is 2.04. The summed E-state index contributed by atoms with van der Waals surface area (Å²) in [6, 6.07) is 5.47. The van der Waals surface area contributed by atoms with Gasteiger partial charge in [0.1, 0.15) is 0 Å². The molecular weight excluding hydrogens is 264 g/mol. The van der Waals surface area contributed by atoms with Crippen molar-refractivity contribution < 1.29 is 13.2 Å². The van der Waals surface area contributed by atoms with Crippen molar-refractivity contribution in [3.8, 4) is 0 Å². The van der Waals surface area contributed by atoms with Crippen LogP contribution in [0.2, 0.25) is 0 Å². The SMILES string of the molecule is Cc1ccc(C)c(S(=O)(=O)NCC2COCCN2)c1. The van der Waals surface area contributed by atoms with Gasteiger partial charge in [0.25, 0.3) is 0 Å². The van der Waals surface area contributed by atoms with E-state index in [9.17, 15) is 8.42 Å². The molecule has 0 radical (unpaired) electrons. The molecule has 0 amide bonds. The average Bonchev–Trinajstić information content (AvgIpc) is 2.40. The number of hydrogen-bond acceptors (Lipinski definition) is 4. The van der Waals surface area contributed by atoms with Crippen molar-refractivity contribution in [2.75, 3.05) is 26.3 Å². The monoisotopic (exact) mass is 284 g/mol. The van der Waals surface area contributed by atoms with Gasteiger partial charge in [-0.25, -0.2) is 13.1 Å². The number of morpholine rings is 1. The van der Waals surface area contributed by atoms with E-state index in [1.165, 1.54) is 0 Å². The number of ether oxygens (including phenoxy) is 1. The zero-order valence-electron chi connectivity index (χ0n) is 11.3. The first kappa shape index (κ1) is 14.5. The van der Waals surface area contributed by atoms with Crippen LogP contribution in [0.5, 0.6) is 0 Å². The third kappa shape index (κ3) is 3.76. The summed E-state index contributed by atoms with van der Waals surface area (Å²) in [6.45, 7) is 6.01. The van der Waals surface area contributed by atoms with Gasteiger partial charge in [-0.2, -0.15) is 0 Å². The van der Waals surface area contributed by atoms with E-state index in [0.717, 1.165) is 17.7 Å². The highest BCUT2D eigenvalue weighted by Crippen LogP contribution is 2.16. The zero-order valence-corrected chi connectivity index (χ0v) is 12.1. The van der Waals surface area contributed by atoms with Crippen molar-refractivity contribution in [2.24, 2.45) is 0 Å². The molecule has 6 heteroatoms. The molecule has 0 aromatic heterocycles. The van der Waals surface area contributed by atoms with Gasteiger partial charge in [0, 0.05) is 19.1 Å². The van der Waals surface area contributed by atoms with Crippen molar-refractivity contribution >= 4 is 10.0 Å². The summed E-state index contributed by atoms with van der Waals surface area (Å²) in [7, 11) is -3.46. The van der Waals surface area contributed by atoms with Crippen molar-refractivity contribution in [1.82, 2.24) is 10.0 Å². The summed E-state index contributed by atoms with van der Waals surface area (Å²) >= 11 is 0. The second-order valence-electron chi connectivity index (χ2n) is 4.85. The lowest BCUT2D eigenvalue weighted by Crippen LogP contribution is -2.48. The Morgan fingerprint density at radius 1 is 1.42 bits per heavy atom. The number of rotatable bonds is 4. The van der Waals surface area contributed by atoms with Crippen LogP contribution in [0.15, 0.2) is 23.1 Å². The van der Waals surface area contributed by atoms with Crippen LogP contribution >= 0.6 is 0 Å². The molecule has 0 bridgehead atoms. The van der Waals surface area contributed by atoms with Crippen molar-refractivity contribution in [1.29, 1.82) is 0 Å². The number of sulfonamides is 1. The molecule has 2 N–H and O–H groups in total. The predicted molar refractivity (Wildman–Crippen MR) is 73.7 cm³/mol. The summed E-state index contributed by atoms with van der Waals surface area (Å²) in [5.74, 6) is 0. The molecule has 1 aliphatic rings. The maximum absolute atomic E-state index is 12.3. The minimum absolute atomic E-state index is 0.0358. The Hall–Kier alpha value is -0.950. The third-order valence-electron chi connectivity index (χ3n) is 3.15. The van der Waals surface area contributed by atoms with E-state index in [4.69, 9.17) is 4.74 Å². The van der Waals surface area contributed by atoms with Crippen molar-refractivity contribution in [3.05, 3.63) is 29.3 Å². The second kappa shape index (κ2) is 6.00. The Kier molecular flexibility index (Phi) is 4.57. The summed E-state index contributed by atoms with van der Waals surface area (Å²) in [4.78, 5) is 0.351. The molecule has 1 aliphatic heterocycles. The number of benzene rings is 1. The van der Waals surface area contributed by atoms with Gasteiger partial charge in [-0.05, 0) is 31.0 Å². The standard InChI is InChI=1S/C13H20N2O3S/c1-10-3-4-11(2)13(7-10)19(16,17)15-8-12-9-18-6-5-14-12/h3-4,7,12,14-15H,5-6,8-9H2,1-2H3. The molecule has 0 saturated carbocycles. The smallest absolute Gasteiger partial charge is 0.240 e. The van der Waals surface area contributed by atoms with Crippen LogP contribution in [0.3, 0.4) is 0 Å². The quantitative estimate of drug-likeness (QED) is 0.848. The van der Waals surface area contributed by atoms with Gasteiger partial charge in [0.2, 0.25) is 10.0 Å². The molecule has 5 nitrogen and oxygen atoms in total. The Balaban J connectivity index is 2.07. The van der Waals surface area contributed by atoms with Crippen LogP contribution in [0.25, 0.3) is 0 Å². The zero-order chi connectivity index (χ0) is 13.9. The van der Waals surface area contributed by atoms with Crippen molar-refractivity contribution in [3.63, 3.8) is 0 Å². The number of aryl methyl sites for hydroxylation is 2. The molecule has 1 aromatic rings. The lowest BCUT2D eigenvalue weighted by atomic mass is 10.2. The van der Waals surface area contributed by atoms with Gasteiger partial charge in [0.15, 0.2) is 0 Å². The first-order valence-corrected chi connectivity index (χ1v) is 7.85. The number of nitrogens with one attached hydrogen (secondary N) is 2. The highest BCUT2D eigenvalue weighted by molar-refractivity contribution is 7.89. The Morgan fingerprint density at radius 3 is 2.89 bits per heavy atom. The normalized spacial score (nSPS) is 20.4. The van der Waals surface area contributed by atoms with Gasteiger partial charge in [-0.15, -0.1) is 0 Å². The first-order chi connectivity index (χ1) is 8.99. The van der Waals surface area contributed by atoms with Crippen molar-refractivity contribution in [2.45, 2.75) is 24.8 Å². The molecule has 0 aliphatic carbocycles. The Labute approximate surface area is 114 Å². The van der Waals surface area contributed by atoms with Gasteiger partial charge >= 0.3 is 0 Å². The third-order valence-corrected chi connectivity index (χ3v) is 4.72. The minimum Gasteiger partial charge on any atom is -0.378 e. The highest BCUT2D eigenvalue weighted by atomic mass is 32.2. The van der Waals surface area contributed by atoms with Crippen LogP contribution in [-0.2, 0) is 14.8 Å². The fraction of sp³-hybridized carbons (Fsp3) is 0.538. The maximum Gasteiger partial charge on any atom is 0.240 e. The maximum atomic E-state index is 12.3. The molecular formula is C13H20N2O3S. The predicted octanol–water partition coefficient (Wildman–Crippen LogP) is 0.570. The molecule has 1 saturated heterocycles.